The van der Waals surface area contributed by atoms with Gasteiger partial charge in [0.15, 0.2) is 0 Å². The molecule has 1 N–H and O–H groups in total. The molecule has 3 amide bonds. The van der Waals surface area contributed by atoms with Crippen LogP contribution in [0.15, 0.2) is 18.2 Å². The van der Waals surface area contributed by atoms with Crippen molar-refractivity contribution in [2.45, 2.75) is 6.42 Å². The maximum absolute atomic E-state index is 12.6. The Hall–Kier alpha value is -2.55. The van der Waals surface area contributed by atoms with E-state index in [0.29, 0.717) is 23.1 Å². The average molecular weight is 349 g/mol. The second-order valence-corrected chi connectivity index (χ2v) is 5.87. The molecule has 1 heterocycles. The minimum atomic E-state index is -0.290. The summed E-state index contributed by atoms with van der Waals surface area (Å²) in [5.41, 5.74) is 1.62. The van der Waals surface area contributed by atoms with E-state index in [1.165, 1.54) is 9.80 Å². The van der Waals surface area contributed by atoms with Crippen LogP contribution >= 0.6 is 11.7 Å². The van der Waals surface area contributed by atoms with E-state index in [0.717, 1.165) is 11.7 Å². The van der Waals surface area contributed by atoms with Gasteiger partial charge < -0.3 is 15.1 Å². The van der Waals surface area contributed by atoms with E-state index in [1.807, 2.05) is 0 Å². The molecule has 24 heavy (non-hydrogen) atoms. The molecular formula is C15H19N5O3S. The molecule has 0 fully saturated rings. The highest BCUT2D eigenvalue weighted by Crippen LogP contribution is 2.17. The average Bonchev–Trinajstić information content (AvgIpc) is 3.06. The standard InChI is InChI=1S/C15H19N5O3S/c1-16-12(21)7-8-19(2)13(22)9-20(3)15(23)10-5-4-6-11-14(10)18-24-17-11/h4-6H,7-9H2,1-3H3,(H,16,21). The van der Waals surface area contributed by atoms with Crippen LogP contribution in [-0.2, 0) is 9.59 Å². The van der Waals surface area contributed by atoms with Crippen LogP contribution in [0.4, 0.5) is 0 Å². The summed E-state index contributed by atoms with van der Waals surface area (Å²) in [5.74, 6) is -0.665. The maximum atomic E-state index is 12.6. The normalized spacial score (nSPS) is 10.5. The van der Waals surface area contributed by atoms with E-state index < -0.39 is 0 Å². The zero-order chi connectivity index (χ0) is 17.7. The number of rotatable bonds is 6. The molecule has 0 aliphatic heterocycles. The van der Waals surface area contributed by atoms with Crippen LogP contribution in [0.5, 0.6) is 0 Å². The first kappa shape index (κ1) is 17.8. The van der Waals surface area contributed by atoms with E-state index in [2.05, 4.69) is 14.1 Å². The molecule has 0 radical (unpaired) electrons. The Morgan fingerprint density at radius 3 is 2.62 bits per heavy atom. The summed E-state index contributed by atoms with van der Waals surface area (Å²) in [7, 11) is 4.71. The fourth-order valence-corrected chi connectivity index (χ4v) is 2.65. The number of carbonyl (C=O) groups excluding carboxylic acids is 3. The molecule has 0 aliphatic carbocycles. The lowest BCUT2D eigenvalue weighted by atomic mass is 10.1. The van der Waals surface area contributed by atoms with Gasteiger partial charge in [0.2, 0.25) is 11.8 Å². The lowest BCUT2D eigenvalue weighted by Crippen LogP contribution is -2.40. The van der Waals surface area contributed by atoms with Crippen LogP contribution in [-0.4, -0.2) is 70.5 Å². The summed E-state index contributed by atoms with van der Waals surface area (Å²) in [6.07, 6.45) is 0.222. The first-order valence-corrected chi connectivity index (χ1v) is 8.08. The van der Waals surface area contributed by atoms with Crippen molar-refractivity contribution < 1.29 is 14.4 Å². The van der Waals surface area contributed by atoms with Gasteiger partial charge in [-0.05, 0) is 12.1 Å². The summed E-state index contributed by atoms with van der Waals surface area (Å²) in [4.78, 5) is 38.7. The molecule has 0 atom stereocenters. The number of fused-ring (bicyclic) bond motifs is 1. The molecule has 0 saturated carbocycles. The summed E-state index contributed by atoms with van der Waals surface area (Å²) in [5, 5.41) is 2.50. The Morgan fingerprint density at radius 2 is 1.92 bits per heavy atom. The van der Waals surface area contributed by atoms with E-state index in [4.69, 9.17) is 0 Å². The molecule has 128 valence electrons. The lowest BCUT2D eigenvalue weighted by Gasteiger charge is -2.22. The van der Waals surface area contributed by atoms with Crippen LogP contribution in [0.1, 0.15) is 16.8 Å². The molecule has 2 rings (SSSR count). The van der Waals surface area contributed by atoms with Crippen LogP contribution in [0.2, 0.25) is 0 Å². The minimum absolute atomic E-state index is 0.0724. The maximum Gasteiger partial charge on any atom is 0.256 e. The number of amides is 3. The van der Waals surface area contributed by atoms with Crippen molar-refractivity contribution in [2.24, 2.45) is 0 Å². The van der Waals surface area contributed by atoms with Crippen molar-refractivity contribution in [3.8, 4) is 0 Å². The van der Waals surface area contributed by atoms with Gasteiger partial charge in [0.1, 0.15) is 11.0 Å². The predicted octanol–water partition coefficient (Wildman–Crippen LogP) is 0.358. The number of carbonyl (C=O) groups is 3. The van der Waals surface area contributed by atoms with Crippen LogP contribution in [0.25, 0.3) is 11.0 Å². The topological polar surface area (TPSA) is 95.5 Å². The van der Waals surface area contributed by atoms with E-state index in [1.54, 1.807) is 39.3 Å². The third-order valence-corrected chi connectivity index (χ3v) is 4.16. The van der Waals surface area contributed by atoms with Crippen LogP contribution < -0.4 is 5.32 Å². The van der Waals surface area contributed by atoms with Gasteiger partial charge in [0.05, 0.1) is 23.8 Å². The monoisotopic (exact) mass is 349 g/mol. The summed E-state index contributed by atoms with van der Waals surface area (Å²) < 4.78 is 8.24. The Balaban J connectivity index is 1.99. The van der Waals surface area contributed by atoms with Gasteiger partial charge in [-0.3, -0.25) is 14.4 Å². The summed E-state index contributed by atoms with van der Waals surface area (Å²) in [6.45, 7) is 0.225. The predicted molar refractivity (Wildman–Crippen MR) is 90.7 cm³/mol. The van der Waals surface area contributed by atoms with Gasteiger partial charge in [-0.1, -0.05) is 6.07 Å². The fourth-order valence-electron chi connectivity index (χ4n) is 2.10. The zero-order valence-corrected chi connectivity index (χ0v) is 14.6. The Labute approximate surface area is 143 Å². The highest BCUT2D eigenvalue weighted by atomic mass is 32.1. The molecule has 0 bridgehead atoms. The SMILES string of the molecule is CNC(=O)CCN(C)C(=O)CN(C)C(=O)c1cccc2nsnc12. The van der Waals surface area contributed by atoms with Crippen molar-refractivity contribution in [2.75, 3.05) is 34.2 Å². The summed E-state index contributed by atoms with van der Waals surface area (Å²) in [6, 6.07) is 5.19. The second-order valence-electron chi connectivity index (χ2n) is 5.34. The fraction of sp³-hybridized carbons (Fsp3) is 0.400. The molecule has 0 saturated heterocycles. The van der Waals surface area contributed by atoms with Gasteiger partial charge >= 0.3 is 0 Å². The van der Waals surface area contributed by atoms with Crippen molar-refractivity contribution in [3.63, 3.8) is 0 Å². The van der Waals surface area contributed by atoms with Gasteiger partial charge in [-0.25, -0.2) is 0 Å². The number of benzene rings is 1. The molecule has 0 spiro atoms. The molecule has 9 heteroatoms. The molecule has 1 aromatic heterocycles. The number of hydrogen-bond donors (Lipinski definition) is 1. The third-order valence-electron chi connectivity index (χ3n) is 3.61. The van der Waals surface area contributed by atoms with Crippen molar-refractivity contribution >= 4 is 40.5 Å². The van der Waals surface area contributed by atoms with Crippen LogP contribution in [0, 0.1) is 0 Å². The molecule has 0 aliphatic rings. The van der Waals surface area contributed by atoms with E-state index >= 15 is 0 Å². The number of likely N-dealkylation sites (N-methyl/N-ethyl adjacent to an activating group) is 2. The van der Waals surface area contributed by atoms with Gasteiger partial charge in [-0.15, -0.1) is 0 Å². The molecule has 1 aromatic carbocycles. The Kier molecular flexibility index (Phi) is 5.80. The quantitative estimate of drug-likeness (QED) is 0.812. The number of hydrogen-bond acceptors (Lipinski definition) is 6. The Morgan fingerprint density at radius 1 is 1.17 bits per heavy atom. The Bertz CT molecular complexity index is 760. The molecule has 0 unspecified atom stereocenters. The highest BCUT2D eigenvalue weighted by Gasteiger charge is 2.20. The van der Waals surface area contributed by atoms with Crippen molar-refractivity contribution in [1.82, 2.24) is 23.9 Å². The molecular weight excluding hydrogens is 330 g/mol. The highest BCUT2D eigenvalue weighted by molar-refractivity contribution is 7.00. The third kappa shape index (κ3) is 4.05. The van der Waals surface area contributed by atoms with E-state index in [-0.39, 0.29) is 30.7 Å². The smallest absolute Gasteiger partial charge is 0.256 e. The van der Waals surface area contributed by atoms with Gasteiger partial charge in [-0.2, -0.15) is 8.75 Å². The first-order valence-electron chi connectivity index (χ1n) is 7.35. The number of aromatic nitrogens is 2. The molecule has 8 nitrogen and oxygen atoms in total. The second kappa shape index (κ2) is 7.82. The number of nitrogens with one attached hydrogen (secondary N) is 1. The van der Waals surface area contributed by atoms with Crippen molar-refractivity contribution in [3.05, 3.63) is 23.8 Å². The lowest BCUT2D eigenvalue weighted by molar-refractivity contribution is -0.131. The largest absolute Gasteiger partial charge is 0.359 e. The first-order chi connectivity index (χ1) is 11.4. The van der Waals surface area contributed by atoms with Gasteiger partial charge in [0.25, 0.3) is 5.91 Å². The van der Waals surface area contributed by atoms with Crippen LogP contribution in [0.3, 0.4) is 0 Å². The van der Waals surface area contributed by atoms with Gasteiger partial charge in [0, 0.05) is 34.1 Å². The van der Waals surface area contributed by atoms with E-state index in [9.17, 15) is 14.4 Å². The number of nitrogens with zero attached hydrogens (tertiary/aromatic N) is 4. The minimum Gasteiger partial charge on any atom is -0.359 e. The van der Waals surface area contributed by atoms with Crippen molar-refractivity contribution in [1.29, 1.82) is 0 Å². The molecule has 2 aromatic rings. The zero-order valence-electron chi connectivity index (χ0n) is 13.8. The summed E-state index contributed by atoms with van der Waals surface area (Å²) >= 11 is 1.04.